The minimum absolute atomic E-state index is 0.520. The Bertz CT molecular complexity index is 161. The van der Waals surface area contributed by atoms with Gasteiger partial charge in [-0.2, -0.15) is 0 Å². The molecule has 0 bridgehead atoms. The standard InChI is InChI=1S/C14H25O/c1-3-4-5-6-7-8-9-10-11-14(2)12-13-15/h6-7,14H,3-5,8-12H2,1-2H3/b7-6+. The first-order chi connectivity index (χ1) is 7.31. The highest BCUT2D eigenvalue weighted by Crippen LogP contribution is 2.11. The fourth-order valence-corrected chi connectivity index (χ4v) is 1.56. The summed E-state index contributed by atoms with van der Waals surface area (Å²) in [7, 11) is 0. The van der Waals surface area contributed by atoms with Crippen molar-refractivity contribution in [3.63, 3.8) is 0 Å². The Morgan fingerprint density at radius 2 is 1.80 bits per heavy atom. The van der Waals surface area contributed by atoms with E-state index in [1.807, 2.05) is 6.29 Å². The Morgan fingerprint density at radius 1 is 1.13 bits per heavy atom. The van der Waals surface area contributed by atoms with E-state index in [0.717, 1.165) is 6.42 Å². The van der Waals surface area contributed by atoms with E-state index in [2.05, 4.69) is 26.0 Å². The van der Waals surface area contributed by atoms with Crippen LogP contribution in [-0.2, 0) is 4.79 Å². The summed E-state index contributed by atoms with van der Waals surface area (Å²) in [5.74, 6) is 0.520. The predicted octanol–water partition coefficient (Wildman–Crippen LogP) is 4.43. The van der Waals surface area contributed by atoms with Crippen LogP contribution in [0.3, 0.4) is 0 Å². The highest BCUT2D eigenvalue weighted by molar-refractivity contribution is 5.50. The Hall–Kier alpha value is -0.590. The second kappa shape index (κ2) is 11.5. The van der Waals surface area contributed by atoms with Crippen LogP contribution >= 0.6 is 0 Å². The number of hydrogen-bond donors (Lipinski definition) is 0. The van der Waals surface area contributed by atoms with Crippen LogP contribution in [0.15, 0.2) is 12.2 Å². The molecule has 0 aliphatic carbocycles. The van der Waals surface area contributed by atoms with E-state index in [9.17, 15) is 4.79 Å². The van der Waals surface area contributed by atoms with Crippen molar-refractivity contribution in [3.8, 4) is 0 Å². The summed E-state index contributed by atoms with van der Waals surface area (Å²) >= 11 is 0. The molecule has 15 heavy (non-hydrogen) atoms. The molecule has 0 amide bonds. The number of rotatable bonds is 10. The molecule has 1 heteroatoms. The van der Waals surface area contributed by atoms with Crippen molar-refractivity contribution < 1.29 is 4.79 Å². The van der Waals surface area contributed by atoms with Gasteiger partial charge in [0.05, 0.1) is 0 Å². The summed E-state index contributed by atoms with van der Waals surface area (Å²) in [6.45, 7) is 4.35. The van der Waals surface area contributed by atoms with Crippen molar-refractivity contribution in [3.05, 3.63) is 12.2 Å². The lowest BCUT2D eigenvalue weighted by atomic mass is 10.0. The largest absolute Gasteiger partial charge is 0.291 e. The van der Waals surface area contributed by atoms with Crippen molar-refractivity contribution >= 4 is 6.29 Å². The number of unbranched alkanes of at least 4 members (excludes halogenated alkanes) is 4. The van der Waals surface area contributed by atoms with Crippen LogP contribution in [0.25, 0.3) is 0 Å². The van der Waals surface area contributed by atoms with Gasteiger partial charge in [-0.15, -0.1) is 0 Å². The van der Waals surface area contributed by atoms with Crippen LogP contribution in [-0.4, -0.2) is 6.29 Å². The van der Waals surface area contributed by atoms with E-state index < -0.39 is 0 Å². The third-order valence-corrected chi connectivity index (χ3v) is 2.64. The van der Waals surface area contributed by atoms with Crippen molar-refractivity contribution in [1.82, 2.24) is 0 Å². The maximum absolute atomic E-state index is 10.1. The molecule has 0 aromatic rings. The van der Waals surface area contributed by atoms with Crippen molar-refractivity contribution in [2.75, 3.05) is 0 Å². The molecular formula is C14H25O. The second-order valence-corrected chi connectivity index (χ2v) is 4.35. The second-order valence-electron chi connectivity index (χ2n) is 4.35. The third kappa shape index (κ3) is 11.3. The van der Waals surface area contributed by atoms with E-state index in [4.69, 9.17) is 0 Å². The molecule has 1 atom stereocenters. The third-order valence-electron chi connectivity index (χ3n) is 2.64. The fourth-order valence-electron chi connectivity index (χ4n) is 1.56. The van der Waals surface area contributed by atoms with E-state index in [1.165, 1.54) is 38.5 Å². The van der Waals surface area contributed by atoms with Gasteiger partial charge in [0.25, 0.3) is 0 Å². The number of carbonyl (C=O) groups excluding carboxylic acids is 1. The fraction of sp³-hybridized carbons (Fsp3) is 0.786. The Labute approximate surface area is 95.0 Å². The van der Waals surface area contributed by atoms with Crippen LogP contribution in [0.5, 0.6) is 0 Å². The molecule has 0 spiro atoms. The summed E-state index contributed by atoms with van der Waals surface area (Å²) in [6, 6.07) is 0. The summed E-state index contributed by atoms with van der Waals surface area (Å²) in [4.78, 5) is 10.1. The number of allylic oxidation sites excluding steroid dienone is 2. The van der Waals surface area contributed by atoms with Gasteiger partial charge in [0.1, 0.15) is 0 Å². The minimum Gasteiger partial charge on any atom is -0.291 e. The monoisotopic (exact) mass is 209 g/mol. The molecule has 0 aliphatic heterocycles. The number of hydrogen-bond acceptors (Lipinski definition) is 1. The highest BCUT2D eigenvalue weighted by atomic mass is 16.1. The van der Waals surface area contributed by atoms with E-state index in [0.29, 0.717) is 12.3 Å². The van der Waals surface area contributed by atoms with Gasteiger partial charge in [-0.1, -0.05) is 51.7 Å². The first-order valence-electron chi connectivity index (χ1n) is 6.31. The summed E-state index contributed by atoms with van der Waals surface area (Å²) in [6.07, 6.45) is 15.9. The Morgan fingerprint density at radius 3 is 2.40 bits per heavy atom. The zero-order valence-electron chi connectivity index (χ0n) is 10.3. The van der Waals surface area contributed by atoms with Crippen molar-refractivity contribution in [1.29, 1.82) is 0 Å². The highest BCUT2D eigenvalue weighted by Gasteiger charge is 1.99. The zero-order chi connectivity index (χ0) is 11.4. The van der Waals surface area contributed by atoms with Crippen LogP contribution < -0.4 is 0 Å². The summed E-state index contributed by atoms with van der Waals surface area (Å²) in [5.41, 5.74) is 0. The average molecular weight is 209 g/mol. The predicted molar refractivity (Wildman–Crippen MR) is 66.6 cm³/mol. The quantitative estimate of drug-likeness (QED) is 0.384. The molecule has 0 heterocycles. The first kappa shape index (κ1) is 14.4. The van der Waals surface area contributed by atoms with Gasteiger partial charge in [0.15, 0.2) is 6.29 Å². The molecule has 1 unspecified atom stereocenters. The van der Waals surface area contributed by atoms with Crippen LogP contribution in [0.2, 0.25) is 0 Å². The smallest absolute Gasteiger partial charge is 0.198 e. The average Bonchev–Trinajstić information content (AvgIpc) is 2.22. The van der Waals surface area contributed by atoms with Gasteiger partial charge in [0.2, 0.25) is 0 Å². The van der Waals surface area contributed by atoms with Crippen LogP contribution in [0.4, 0.5) is 0 Å². The molecule has 0 saturated carbocycles. The zero-order valence-corrected chi connectivity index (χ0v) is 10.3. The lowest BCUT2D eigenvalue weighted by Crippen LogP contribution is -1.94. The van der Waals surface area contributed by atoms with Crippen molar-refractivity contribution in [2.24, 2.45) is 5.92 Å². The molecule has 0 aliphatic rings. The molecule has 1 radical (unpaired) electrons. The SMILES string of the molecule is CCCC/C=C/CCCCC(C)C[C]=O. The maximum Gasteiger partial charge on any atom is 0.198 e. The van der Waals surface area contributed by atoms with Gasteiger partial charge in [0, 0.05) is 6.42 Å². The van der Waals surface area contributed by atoms with E-state index >= 15 is 0 Å². The molecular weight excluding hydrogens is 184 g/mol. The van der Waals surface area contributed by atoms with Gasteiger partial charge in [-0.3, -0.25) is 4.79 Å². The molecule has 0 aromatic carbocycles. The molecule has 0 saturated heterocycles. The Balaban J connectivity index is 3.16. The molecule has 0 N–H and O–H groups in total. The van der Waals surface area contributed by atoms with E-state index in [-0.39, 0.29) is 0 Å². The van der Waals surface area contributed by atoms with Gasteiger partial charge >= 0.3 is 0 Å². The van der Waals surface area contributed by atoms with Crippen molar-refractivity contribution in [2.45, 2.75) is 65.2 Å². The first-order valence-corrected chi connectivity index (χ1v) is 6.31. The lowest BCUT2D eigenvalue weighted by molar-refractivity contribution is 0.486. The van der Waals surface area contributed by atoms with E-state index in [1.54, 1.807) is 0 Å². The molecule has 0 fully saturated rings. The minimum atomic E-state index is 0.520. The molecule has 87 valence electrons. The molecule has 1 nitrogen and oxygen atoms in total. The van der Waals surface area contributed by atoms with Gasteiger partial charge in [-0.05, 0) is 25.2 Å². The Kier molecular flexibility index (Phi) is 11.0. The van der Waals surface area contributed by atoms with Gasteiger partial charge < -0.3 is 0 Å². The molecule has 0 rings (SSSR count). The van der Waals surface area contributed by atoms with Gasteiger partial charge in [-0.25, -0.2) is 0 Å². The summed E-state index contributed by atoms with van der Waals surface area (Å²) in [5, 5.41) is 0. The topological polar surface area (TPSA) is 17.1 Å². The normalized spacial score (nSPS) is 13.2. The summed E-state index contributed by atoms with van der Waals surface area (Å²) < 4.78 is 0. The van der Waals surface area contributed by atoms with Crippen LogP contribution in [0.1, 0.15) is 65.2 Å². The maximum atomic E-state index is 10.1. The molecule has 0 aromatic heterocycles. The lowest BCUT2D eigenvalue weighted by Gasteiger charge is -2.04. The van der Waals surface area contributed by atoms with Crippen LogP contribution in [0, 0.1) is 5.92 Å².